The van der Waals surface area contributed by atoms with Crippen molar-refractivity contribution in [3.63, 3.8) is 0 Å². The number of nitrogens with zero attached hydrogens (tertiary/aromatic N) is 2. The molecule has 6 heteroatoms. The molecule has 5 nitrogen and oxygen atoms in total. The number of carboxylic acids is 1. The van der Waals surface area contributed by atoms with Crippen molar-refractivity contribution in [3.05, 3.63) is 40.4 Å². The van der Waals surface area contributed by atoms with Crippen molar-refractivity contribution in [2.24, 2.45) is 0 Å². The maximum absolute atomic E-state index is 11.1. The molecular formula is C14H14N2O3S. The Labute approximate surface area is 120 Å². The van der Waals surface area contributed by atoms with E-state index in [0.717, 1.165) is 16.4 Å². The molecule has 2 heterocycles. The topological polar surface area (TPSA) is 62.7 Å². The highest BCUT2D eigenvalue weighted by molar-refractivity contribution is 7.17. The van der Waals surface area contributed by atoms with Crippen LogP contribution < -0.4 is 9.64 Å². The van der Waals surface area contributed by atoms with Gasteiger partial charge in [-0.2, -0.15) is 0 Å². The molecule has 0 aliphatic carbocycles. The average molecular weight is 290 g/mol. The van der Waals surface area contributed by atoms with Gasteiger partial charge >= 0.3 is 5.97 Å². The lowest BCUT2D eigenvalue weighted by Gasteiger charge is -2.18. The average Bonchev–Trinajstić information content (AvgIpc) is 2.69. The van der Waals surface area contributed by atoms with Gasteiger partial charge in [0.25, 0.3) is 0 Å². The van der Waals surface area contributed by atoms with Crippen LogP contribution in [-0.2, 0) is 6.54 Å². The fraction of sp³-hybridized carbons (Fsp3) is 0.286. The van der Waals surface area contributed by atoms with Gasteiger partial charge in [-0.3, -0.25) is 0 Å². The highest BCUT2D eigenvalue weighted by Gasteiger charge is 2.21. The number of fused-ring (bicyclic) bond motifs is 1. The number of carboxylic acid groups (broad SMARTS) is 1. The Bertz CT molecular complexity index is 654. The Kier molecular flexibility index (Phi) is 3.31. The summed E-state index contributed by atoms with van der Waals surface area (Å²) in [6.45, 7) is 3.67. The lowest BCUT2D eigenvalue weighted by molar-refractivity contribution is 0.0701. The number of rotatable bonds is 2. The first kappa shape index (κ1) is 12.9. The third-order valence-corrected chi connectivity index (χ3v) is 4.41. The summed E-state index contributed by atoms with van der Waals surface area (Å²) >= 11 is 1.22. The van der Waals surface area contributed by atoms with Crippen LogP contribution >= 0.6 is 11.3 Å². The zero-order valence-electron chi connectivity index (χ0n) is 11.0. The minimum absolute atomic E-state index is 0.304. The van der Waals surface area contributed by atoms with Crippen LogP contribution in [0, 0.1) is 6.92 Å². The van der Waals surface area contributed by atoms with E-state index in [9.17, 15) is 4.79 Å². The normalized spacial score (nSPS) is 14.3. The minimum atomic E-state index is -0.919. The monoisotopic (exact) mass is 290 g/mol. The van der Waals surface area contributed by atoms with E-state index in [1.165, 1.54) is 11.3 Å². The molecule has 0 bridgehead atoms. The molecule has 20 heavy (non-hydrogen) atoms. The van der Waals surface area contributed by atoms with Gasteiger partial charge in [0.1, 0.15) is 17.2 Å². The highest BCUT2D eigenvalue weighted by Crippen LogP contribution is 2.30. The first-order valence-corrected chi connectivity index (χ1v) is 7.13. The van der Waals surface area contributed by atoms with Crippen LogP contribution in [0.3, 0.4) is 0 Å². The van der Waals surface area contributed by atoms with Gasteiger partial charge in [-0.15, -0.1) is 0 Å². The number of hydrogen-bond acceptors (Lipinski definition) is 5. The summed E-state index contributed by atoms with van der Waals surface area (Å²) in [6.07, 6.45) is 0. The van der Waals surface area contributed by atoms with Crippen LogP contribution in [-0.4, -0.2) is 29.2 Å². The first-order valence-electron chi connectivity index (χ1n) is 6.31. The van der Waals surface area contributed by atoms with Crippen molar-refractivity contribution < 1.29 is 14.6 Å². The lowest BCUT2D eigenvalue weighted by atomic mass is 10.2. The van der Waals surface area contributed by atoms with Crippen molar-refractivity contribution in [1.29, 1.82) is 0 Å². The number of aryl methyl sites for hydroxylation is 1. The van der Waals surface area contributed by atoms with Crippen LogP contribution in [0.25, 0.3) is 0 Å². The number of benzene rings is 1. The lowest BCUT2D eigenvalue weighted by Crippen LogP contribution is -2.25. The maximum atomic E-state index is 11.1. The summed E-state index contributed by atoms with van der Waals surface area (Å²) in [7, 11) is 0. The molecule has 0 spiro atoms. The zero-order valence-corrected chi connectivity index (χ0v) is 11.8. The van der Waals surface area contributed by atoms with E-state index >= 15 is 0 Å². The van der Waals surface area contributed by atoms with Crippen LogP contribution in [0.1, 0.15) is 20.9 Å². The summed E-state index contributed by atoms with van der Waals surface area (Å²) in [4.78, 5) is 17.9. The second-order valence-corrected chi connectivity index (χ2v) is 5.57. The molecule has 0 saturated carbocycles. The number of carbonyl (C=O) groups is 1. The largest absolute Gasteiger partial charge is 0.491 e. The third kappa shape index (κ3) is 2.34. The summed E-state index contributed by atoms with van der Waals surface area (Å²) in [5.41, 5.74) is 1.66. The summed E-state index contributed by atoms with van der Waals surface area (Å²) in [5.74, 6) is -0.0283. The van der Waals surface area contributed by atoms with Gasteiger partial charge in [0.05, 0.1) is 12.2 Å². The van der Waals surface area contributed by atoms with E-state index in [2.05, 4.69) is 9.88 Å². The quantitative estimate of drug-likeness (QED) is 0.921. The second kappa shape index (κ2) is 5.13. The molecule has 0 atom stereocenters. The predicted octanol–water partition coefficient (Wildman–Crippen LogP) is 2.55. The van der Waals surface area contributed by atoms with Crippen molar-refractivity contribution in [2.45, 2.75) is 13.5 Å². The van der Waals surface area contributed by atoms with Crippen LogP contribution in [0.4, 0.5) is 5.13 Å². The molecule has 2 aromatic rings. The molecule has 0 fully saturated rings. The molecule has 1 aliphatic rings. The number of thiazole rings is 1. The molecule has 0 radical (unpaired) electrons. The van der Waals surface area contributed by atoms with Crippen molar-refractivity contribution in [1.82, 2.24) is 4.98 Å². The Balaban J connectivity index is 1.91. The van der Waals surface area contributed by atoms with E-state index in [1.54, 1.807) is 6.92 Å². The third-order valence-electron chi connectivity index (χ3n) is 3.20. The van der Waals surface area contributed by atoms with Gasteiger partial charge in [-0.05, 0) is 13.0 Å². The van der Waals surface area contributed by atoms with Crippen molar-refractivity contribution in [2.75, 3.05) is 18.1 Å². The summed E-state index contributed by atoms with van der Waals surface area (Å²) in [5, 5.41) is 9.85. The van der Waals surface area contributed by atoms with Gasteiger partial charge in [0.2, 0.25) is 0 Å². The molecule has 1 aromatic carbocycles. The van der Waals surface area contributed by atoms with Crippen LogP contribution in [0.2, 0.25) is 0 Å². The minimum Gasteiger partial charge on any atom is -0.491 e. The van der Waals surface area contributed by atoms with Crippen LogP contribution in [0.5, 0.6) is 5.75 Å². The number of hydrogen-bond donors (Lipinski definition) is 1. The fourth-order valence-corrected chi connectivity index (χ4v) is 3.14. The number of ether oxygens (including phenoxy) is 1. The number of para-hydroxylation sites is 1. The fourth-order valence-electron chi connectivity index (χ4n) is 2.20. The van der Waals surface area contributed by atoms with E-state index in [0.29, 0.717) is 30.3 Å². The first-order chi connectivity index (χ1) is 9.65. The Hall–Kier alpha value is -2.08. The second-order valence-electron chi connectivity index (χ2n) is 4.59. The molecule has 3 rings (SSSR count). The van der Waals surface area contributed by atoms with Crippen molar-refractivity contribution in [3.8, 4) is 5.75 Å². The SMILES string of the molecule is Cc1nc(N2CCOc3ccccc3C2)sc1C(=O)O. The summed E-state index contributed by atoms with van der Waals surface area (Å²) in [6, 6.07) is 7.90. The van der Waals surface area contributed by atoms with Crippen molar-refractivity contribution >= 4 is 22.4 Å². The Morgan fingerprint density at radius 1 is 1.45 bits per heavy atom. The van der Waals surface area contributed by atoms with Gasteiger partial charge in [-0.1, -0.05) is 29.5 Å². The molecule has 0 amide bonds. The van der Waals surface area contributed by atoms with E-state index in [4.69, 9.17) is 9.84 Å². The highest BCUT2D eigenvalue weighted by atomic mass is 32.1. The van der Waals surface area contributed by atoms with E-state index in [1.807, 2.05) is 24.3 Å². The van der Waals surface area contributed by atoms with Gasteiger partial charge < -0.3 is 14.7 Å². The molecule has 1 aliphatic heterocycles. The standard InChI is InChI=1S/C14H14N2O3S/c1-9-12(13(17)18)20-14(15-9)16-6-7-19-11-5-3-2-4-10(11)8-16/h2-5H,6-8H2,1H3,(H,17,18). The molecule has 1 N–H and O–H groups in total. The number of aromatic carboxylic acids is 1. The van der Waals surface area contributed by atoms with Gasteiger partial charge in [-0.25, -0.2) is 9.78 Å². The molecule has 0 unspecified atom stereocenters. The smallest absolute Gasteiger partial charge is 0.347 e. The van der Waals surface area contributed by atoms with Crippen LogP contribution in [0.15, 0.2) is 24.3 Å². The van der Waals surface area contributed by atoms with Gasteiger partial charge in [0, 0.05) is 12.1 Å². The molecule has 104 valence electrons. The Morgan fingerprint density at radius 3 is 3.00 bits per heavy atom. The number of anilines is 1. The Morgan fingerprint density at radius 2 is 2.25 bits per heavy atom. The van der Waals surface area contributed by atoms with E-state index in [-0.39, 0.29) is 0 Å². The molecule has 0 saturated heterocycles. The predicted molar refractivity (Wildman–Crippen MR) is 76.8 cm³/mol. The van der Waals surface area contributed by atoms with Gasteiger partial charge in [0.15, 0.2) is 5.13 Å². The zero-order chi connectivity index (χ0) is 14.1. The summed E-state index contributed by atoms with van der Waals surface area (Å²) < 4.78 is 5.70. The molecular weight excluding hydrogens is 276 g/mol. The molecule has 1 aromatic heterocycles. The maximum Gasteiger partial charge on any atom is 0.347 e. The van der Waals surface area contributed by atoms with E-state index < -0.39 is 5.97 Å². The number of aromatic nitrogens is 1.